The number of rotatable bonds is 2. The van der Waals surface area contributed by atoms with E-state index in [0.717, 1.165) is 12.1 Å². The van der Waals surface area contributed by atoms with Crippen molar-refractivity contribution in [2.24, 2.45) is 0 Å². The molecule has 0 saturated carbocycles. The minimum atomic E-state index is -4.50. The van der Waals surface area contributed by atoms with Crippen molar-refractivity contribution in [1.29, 1.82) is 0 Å². The van der Waals surface area contributed by atoms with Crippen LogP contribution in [0.2, 0.25) is 0 Å². The molecule has 0 fully saturated rings. The van der Waals surface area contributed by atoms with E-state index in [-0.39, 0.29) is 34.5 Å². The highest BCUT2D eigenvalue weighted by atomic mass is 19.4. The van der Waals surface area contributed by atoms with E-state index in [1.165, 1.54) is 30.3 Å². The second-order valence-corrected chi connectivity index (χ2v) is 5.24. The fourth-order valence-electron chi connectivity index (χ4n) is 2.66. The quantitative estimate of drug-likeness (QED) is 0.830. The number of allylic oxidation sites excluding steroid dienone is 2. The van der Waals surface area contributed by atoms with Crippen molar-refractivity contribution in [1.82, 2.24) is 0 Å². The Hall–Kier alpha value is -2.69. The fourth-order valence-corrected chi connectivity index (χ4v) is 2.66. The summed E-state index contributed by atoms with van der Waals surface area (Å²) in [4.78, 5) is 24.5. The average Bonchev–Trinajstić information content (AvgIpc) is 2.52. The van der Waals surface area contributed by atoms with Crippen molar-refractivity contribution in [3.05, 3.63) is 82.4 Å². The molecule has 0 bridgehead atoms. The van der Waals surface area contributed by atoms with E-state index in [1.54, 1.807) is 12.1 Å². The first-order valence-corrected chi connectivity index (χ1v) is 6.91. The maximum Gasteiger partial charge on any atom is 0.416 e. The summed E-state index contributed by atoms with van der Waals surface area (Å²) < 4.78 is 39.1. The van der Waals surface area contributed by atoms with Crippen LogP contribution in [0.25, 0.3) is 0 Å². The molecule has 0 unspecified atom stereocenters. The Balaban J connectivity index is 2.00. The fraction of sp³-hybridized carbons (Fsp3) is 0.111. The van der Waals surface area contributed by atoms with Gasteiger partial charge in [-0.3, -0.25) is 9.59 Å². The van der Waals surface area contributed by atoms with E-state index in [9.17, 15) is 22.8 Å². The summed E-state index contributed by atoms with van der Waals surface area (Å²) in [5.74, 6) is -0.767. The van der Waals surface area contributed by atoms with Crippen molar-refractivity contribution in [2.75, 3.05) is 0 Å². The molecule has 23 heavy (non-hydrogen) atoms. The lowest BCUT2D eigenvalue weighted by molar-refractivity contribution is -0.138. The van der Waals surface area contributed by atoms with Crippen LogP contribution < -0.4 is 0 Å². The molecule has 5 heteroatoms. The number of carbonyl (C=O) groups is 2. The molecule has 1 aliphatic rings. The number of hydrogen-bond acceptors (Lipinski definition) is 2. The highest BCUT2D eigenvalue weighted by Gasteiger charge is 2.34. The van der Waals surface area contributed by atoms with Gasteiger partial charge < -0.3 is 0 Å². The van der Waals surface area contributed by atoms with Crippen molar-refractivity contribution >= 4 is 11.6 Å². The molecule has 2 aromatic rings. The van der Waals surface area contributed by atoms with Gasteiger partial charge in [-0.15, -0.1) is 0 Å². The summed E-state index contributed by atoms with van der Waals surface area (Å²) in [6.07, 6.45) is -3.59. The molecule has 0 aromatic heterocycles. The summed E-state index contributed by atoms with van der Waals surface area (Å²) in [6, 6.07) is 11.4. The first-order valence-electron chi connectivity index (χ1n) is 6.91. The third-order valence-corrected chi connectivity index (χ3v) is 3.74. The van der Waals surface area contributed by atoms with Gasteiger partial charge >= 0.3 is 6.18 Å². The number of halogens is 3. The normalized spacial score (nSPS) is 14.5. The number of hydrogen-bond donors (Lipinski definition) is 0. The van der Waals surface area contributed by atoms with Gasteiger partial charge in [-0.2, -0.15) is 13.2 Å². The van der Waals surface area contributed by atoms with E-state index >= 15 is 0 Å². The van der Waals surface area contributed by atoms with Gasteiger partial charge in [0.25, 0.3) is 0 Å². The van der Waals surface area contributed by atoms with Crippen LogP contribution >= 0.6 is 0 Å². The maximum atomic E-state index is 13.0. The lowest BCUT2D eigenvalue weighted by atomic mass is 9.86. The molecule has 0 atom stereocenters. The van der Waals surface area contributed by atoms with Gasteiger partial charge in [0, 0.05) is 23.1 Å². The zero-order chi connectivity index (χ0) is 16.6. The third kappa shape index (κ3) is 2.82. The minimum Gasteiger partial charge on any atom is -0.289 e. The van der Waals surface area contributed by atoms with Crippen molar-refractivity contribution < 1.29 is 22.8 Å². The number of alkyl halides is 3. The van der Waals surface area contributed by atoms with Crippen LogP contribution in [0.5, 0.6) is 0 Å². The zero-order valence-electron chi connectivity index (χ0n) is 11.9. The molecule has 1 aliphatic carbocycles. The van der Waals surface area contributed by atoms with Crippen molar-refractivity contribution in [3.63, 3.8) is 0 Å². The van der Waals surface area contributed by atoms with Gasteiger partial charge in [0.05, 0.1) is 5.56 Å². The monoisotopic (exact) mass is 316 g/mol. The SMILES string of the molecule is O=C1C=C(Cc2ccccc2C(F)(F)F)C(=O)c2ccccc21. The summed E-state index contributed by atoms with van der Waals surface area (Å²) in [5.41, 5.74) is -0.220. The van der Waals surface area contributed by atoms with Gasteiger partial charge in [0.2, 0.25) is 0 Å². The number of carbonyl (C=O) groups excluding carboxylic acids is 2. The van der Waals surface area contributed by atoms with E-state index in [0.29, 0.717) is 0 Å². The molecular formula is C18H11F3O2. The molecule has 0 heterocycles. The number of ketones is 2. The van der Waals surface area contributed by atoms with Crippen molar-refractivity contribution in [2.45, 2.75) is 12.6 Å². The van der Waals surface area contributed by atoms with Gasteiger partial charge in [0.1, 0.15) is 0 Å². The van der Waals surface area contributed by atoms with E-state index in [2.05, 4.69) is 0 Å². The van der Waals surface area contributed by atoms with Gasteiger partial charge in [0.15, 0.2) is 11.6 Å². The summed E-state index contributed by atoms with van der Waals surface area (Å²) in [5, 5.41) is 0. The van der Waals surface area contributed by atoms with Gasteiger partial charge in [-0.05, 0) is 17.7 Å². The molecule has 0 radical (unpaired) electrons. The first kappa shape index (κ1) is 15.2. The van der Waals surface area contributed by atoms with E-state index in [4.69, 9.17) is 0 Å². The Morgan fingerprint density at radius 1 is 0.826 bits per heavy atom. The topological polar surface area (TPSA) is 34.1 Å². The Labute approximate surface area is 130 Å². The average molecular weight is 316 g/mol. The highest BCUT2D eigenvalue weighted by Crippen LogP contribution is 2.33. The number of benzene rings is 2. The Morgan fingerprint density at radius 2 is 1.43 bits per heavy atom. The second kappa shape index (κ2) is 5.50. The lowest BCUT2D eigenvalue weighted by Gasteiger charge is -2.17. The molecule has 3 rings (SSSR count). The largest absolute Gasteiger partial charge is 0.416 e. The molecule has 0 N–H and O–H groups in total. The van der Waals surface area contributed by atoms with Crippen LogP contribution in [0.3, 0.4) is 0 Å². The van der Waals surface area contributed by atoms with Crippen LogP contribution in [0.1, 0.15) is 31.8 Å². The molecule has 0 amide bonds. The van der Waals surface area contributed by atoms with Crippen LogP contribution in [0.4, 0.5) is 13.2 Å². The molecule has 2 nitrogen and oxygen atoms in total. The summed E-state index contributed by atoms with van der Waals surface area (Å²) in [6.45, 7) is 0. The standard InChI is InChI=1S/C18H11F3O2/c19-18(20,21)15-8-4-1-5-11(15)9-12-10-16(22)13-6-2-3-7-14(13)17(12)23/h1-8,10H,9H2. The van der Waals surface area contributed by atoms with Crippen LogP contribution in [0, 0.1) is 0 Å². The molecule has 2 aromatic carbocycles. The van der Waals surface area contributed by atoms with Crippen molar-refractivity contribution in [3.8, 4) is 0 Å². The third-order valence-electron chi connectivity index (χ3n) is 3.74. The Kier molecular flexibility index (Phi) is 3.64. The molecule has 116 valence electrons. The summed E-state index contributed by atoms with van der Waals surface area (Å²) in [7, 11) is 0. The smallest absolute Gasteiger partial charge is 0.289 e. The van der Waals surface area contributed by atoms with Crippen LogP contribution in [-0.4, -0.2) is 11.6 Å². The van der Waals surface area contributed by atoms with Gasteiger partial charge in [-0.1, -0.05) is 42.5 Å². The Morgan fingerprint density at radius 3 is 2.13 bits per heavy atom. The lowest BCUT2D eigenvalue weighted by Crippen LogP contribution is -2.19. The predicted octanol–water partition coefficient (Wildman–Crippen LogP) is 4.25. The minimum absolute atomic E-state index is 0.0215. The van der Waals surface area contributed by atoms with Gasteiger partial charge in [-0.25, -0.2) is 0 Å². The van der Waals surface area contributed by atoms with Crippen LogP contribution in [0.15, 0.2) is 60.2 Å². The number of Topliss-reactive ketones (excluding diaryl/α,β-unsaturated/α-hetero) is 1. The number of fused-ring (bicyclic) bond motifs is 1. The predicted molar refractivity (Wildman–Crippen MR) is 78.3 cm³/mol. The van der Waals surface area contributed by atoms with E-state index in [1.807, 2.05) is 0 Å². The highest BCUT2D eigenvalue weighted by molar-refractivity contribution is 6.24. The zero-order valence-corrected chi connectivity index (χ0v) is 11.9. The summed E-state index contributed by atoms with van der Waals surface area (Å²) >= 11 is 0. The Bertz CT molecular complexity index is 832. The second-order valence-electron chi connectivity index (χ2n) is 5.24. The first-order chi connectivity index (χ1) is 10.9. The molecule has 0 spiro atoms. The maximum absolute atomic E-state index is 13.0. The van der Waals surface area contributed by atoms with Crippen LogP contribution in [-0.2, 0) is 12.6 Å². The molecule has 0 saturated heterocycles. The molecular weight excluding hydrogens is 305 g/mol. The molecule has 0 aliphatic heterocycles. The van der Waals surface area contributed by atoms with E-state index < -0.39 is 17.5 Å².